The van der Waals surface area contributed by atoms with Crippen LogP contribution in [0.4, 0.5) is 8.78 Å². The van der Waals surface area contributed by atoms with Gasteiger partial charge in [-0.15, -0.1) is 0 Å². The molecule has 3 nitrogen and oxygen atoms in total. The van der Waals surface area contributed by atoms with Crippen molar-refractivity contribution in [3.63, 3.8) is 0 Å². The molecule has 2 saturated heterocycles. The van der Waals surface area contributed by atoms with E-state index in [0.717, 1.165) is 32.7 Å². The zero-order valence-corrected chi connectivity index (χ0v) is 8.77. The minimum absolute atomic E-state index is 0.00168. The Morgan fingerprint density at radius 3 is 2.80 bits per heavy atom. The Morgan fingerprint density at radius 1 is 1.40 bits per heavy atom. The van der Waals surface area contributed by atoms with E-state index in [1.54, 1.807) is 0 Å². The van der Waals surface area contributed by atoms with Crippen LogP contribution < -0.4 is 10.6 Å². The normalized spacial score (nSPS) is 29.4. The number of ether oxygens (including phenoxy) is 1. The molecule has 0 aromatic heterocycles. The predicted molar refractivity (Wildman–Crippen MR) is 53.2 cm³/mol. The van der Waals surface area contributed by atoms with Crippen LogP contribution in [0.2, 0.25) is 0 Å². The molecule has 2 heterocycles. The Hall–Kier alpha value is -0.260. The van der Waals surface area contributed by atoms with Crippen LogP contribution in [0.5, 0.6) is 0 Å². The van der Waals surface area contributed by atoms with Crippen molar-refractivity contribution in [1.29, 1.82) is 0 Å². The summed E-state index contributed by atoms with van der Waals surface area (Å²) in [4.78, 5) is 0. The molecule has 0 aliphatic carbocycles. The zero-order chi connectivity index (χ0) is 10.7. The highest BCUT2D eigenvalue weighted by molar-refractivity contribution is 5.05. The molecule has 2 fully saturated rings. The summed E-state index contributed by atoms with van der Waals surface area (Å²) in [6.07, 6.45) is -0.821. The highest BCUT2D eigenvalue weighted by Crippen LogP contribution is 2.27. The first-order chi connectivity index (χ1) is 7.23. The molecule has 2 rings (SSSR count). The van der Waals surface area contributed by atoms with Gasteiger partial charge in [0.25, 0.3) is 0 Å². The first-order valence-electron chi connectivity index (χ1n) is 5.59. The van der Waals surface area contributed by atoms with Crippen LogP contribution in [0.15, 0.2) is 0 Å². The van der Waals surface area contributed by atoms with Gasteiger partial charge in [0, 0.05) is 32.1 Å². The smallest absolute Gasteiger partial charge is 0.238 e. The molecule has 15 heavy (non-hydrogen) atoms. The van der Waals surface area contributed by atoms with Crippen LogP contribution in [-0.2, 0) is 4.74 Å². The SMILES string of the molecule is FC(F)CCCC1NCCOC12CNC2. The van der Waals surface area contributed by atoms with E-state index in [1.807, 2.05) is 0 Å². The minimum atomic E-state index is -2.18. The largest absolute Gasteiger partial charge is 0.369 e. The van der Waals surface area contributed by atoms with Gasteiger partial charge in [0.15, 0.2) is 0 Å². The van der Waals surface area contributed by atoms with E-state index in [-0.39, 0.29) is 18.1 Å². The molecule has 0 saturated carbocycles. The van der Waals surface area contributed by atoms with Crippen molar-refractivity contribution >= 4 is 0 Å². The quantitative estimate of drug-likeness (QED) is 0.733. The first-order valence-corrected chi connectivity index (χ1v) is 5.59. The molecular formula is C10H18F2N2O. The third-order valence-electron chi connectivity index (χ3n) is 3.28. The Balaban J connectivity index is 1.78. The molecule has 5 heteroatoms. The summed E-state index contributed by atoms with van der Waals surface area (Å²) < 4.78 is 29.8. The maximum atomic E-state index is 12.0. The van der Waals surface area contributed by atoms with Crippen molar-refractivity contribution in [3.8, 4) is 0 Å². The fraction of sp³-hybridized carbons (Fsp3) is 1.00. The molecule has 0 amide bonds. The van der Waals surface area contributed by atoms with E-state index in [1.165, 1.54) is 0 Å². The third-order valence-corrected chi connectivity index (χ3v) is 3.28. The van der Waals surface area contributed by atoms with Gasteiger partial charge in [-0.3, -0.25) is 0 Å². The van der Waals surface area contributed by atoms with Crippen molar-refractivity contribution in [2.24, 2.45) is 0 Å². The Bertz CT molecular complexity index is 210. The number of hydrogen-bond acceptors (Lipinski definition) is 3. The van der Waals surface area contributed by atoms with Gasteiger partial charge in [0.1, 0.15) is 5.60 Å². The number of halogens is 2. The van der Waals surface area contributed by atoms with Crippen LogP contribution >= 0.6 is 0 Å². The number of nitrogens with one attached hydrogen (secondary N) is 2. The summed E-state index contributed by atoms with van der Waals surface area (Å²) in [6.45, 7) is 3.26. The Labute approximate surface area is 88.6 Å². The lowest BCUT2D eigenvalue weighted by atomic mass is 9.83. The fourth-order valence-electron chi connectivity index (χ4n) is 2.34. The van der Waals surface area contributed by atoms with Gasteiger partial charge in [0.2, 0.25) is 6.43 Å². The van der Waals surface area contributed by atoms with E-state index in [2.05, 4.69) is 10.6 Å². The van der Waals surface area contributed by atoms with Crippen molar-refractivity contribution in [3.05, 3.63) is 0 Å². The lowest BCUT2D eigenvalue weighted by molar-refractivity contribution is -0.129. The van der Waals surface area contributed by atoms with Gasteiger partial charge in [-0.1, -0.05) is 0 Å². The summed E-state index contributed by atoms with van der Waals surface area (Å²) in [6, 6.07) is 0.242. The van der Waals surface area contributed by atoms with Gasteiger partial charge in [-0.2, -0.15) is 0 Å². The number of hydrogen-bond donors (Lipinski definition) is 2. The molecule has 0 aromatic rings. The maximum absolute atomic E-state index is 12.0. The molecule has 2 aliphatic rings. The molecule has 2 N–H and O–H groups in total. The fourth-order valence-corrected chi connectivity index (χ4v) is 2.34. The van der Waals surface area contributed by atoms with E-state index in [4.69, 9.17) is 4.74 Å². The van der Waals surface area contributed by atoms with E-state index < -0.39 is 6.43 Å². The molecular weight excluding hydrogens is 202 g/mol. The standard InChI is InChI=1S/C10H18F2N2O/c11-9(12)3-1-2-8-10(6-13-7-10)15-5-4-14-8/h8-9,13-14H,1-7H2. The second kappa shape index (κ2) is 4.72. The van der Waals surface area contributed by atoms with Crippen LogP contribution in [0.1, 0.15) is 19.3 Å². The molecule has 1 spiro atoms. The van der Waals surface area contributed by atoms with E-state index in [0.29, 0.717) is 6.42 Å². The maximum Gasteiger partial charge on any atom is 0.238 e. The lowest BCUT2D eigenvalue weighted by Gasteiger charge is -2.51. The highest BCUT2D eigenvalue weighted by Gasteiger charge is 2.46. The monoisotopic (exact) mass is 220 g/mol. The second-order valence-electron chi connectivity index (χ2n) is 4.35. The predicted octanol–water partition coefficient (Wildman–Crippen LogP) is 0.752. The van der Waals surface area contributed by atoms with Crippen molar-refractivity contribution < 1.29 is 13.5 Å². The van der Waals surface area contributed by atoms with Crippen LogP contribution in [0, 0.1) is 0 Å². The van der Waals surface area contributed by atoms with Gasteiger partial charge in [-0.05, 0) is 12.8 Å². The second-order valence-corrected chi connectivity index (χ2v) is 4.35. The number of alkyl halides is 2. The molecule has 1 unspecified atom stereocenters. The average Bonchev–Trinajstić information content (AvgIpc) is 2.15. The van der Waals surface area contributed by atoms with Crippen LogP contribution in [-0.4, -0.2) is 44.3 Å². The van der Waals surface area contributed by atoms with Gasteiger partial charge in [0.05, 0.1) is 6.61 Å². The molecule has 1 atom stereocenters. The molecule has 0 radical (unpaired) electrons. The molecule has 2 aliphatic heterocycles. The number of rotatable bonds is 4. The summed E-state index contributed by atoms with van der Waals surface area (Å²) in [5.74, 6) is 0. The summed E-state index contributed by atoms with van der Waals surface area (Å²) in [5, 5.41) is 6.56. The first kappa shape index (κ1) is 11.2. The van der Waals surface area contributed by atoms with Crippen LogP contribution in [0.3, 0.4) is 0 Å². The summed E-state index contributed by atoms with van der Waals surface area (Å²) in [5.41, 5.74) is -0.111. The van der Waals surface area contributed by atoms with Crippen molar-refractivity contribution in [1.82, 2.24) is 10.6 Å². The highest BCUT2D eigenvalue weighted by atomic mass is 19.3. The molecule has 88 valence electrons. The third kappa shape index (κ3) is 2.46. The number of morpholine rings is 1. The topological polar surface area (TPSA) is 33.3 Å². The lowest BCUT2D eigenvalue weighted by Crippen LogP contribution is -2.73. The van der Waals surface area contributed by atoms with E-state index >= 15 is 0 Å². The van der Waals surface area contributed by atoms with Crippen LogP contribution in [0.25, 0.3) is 0 Å². The Kier molecular flexibility index (Phi) is 3.53. The summed E-state index contributed by atoms with van der Waals surface area (Å²) >= 11 is 0. The zero-order valence-electron chi connectivity index (χ0n) is 8.77. The van der Waals surface area contributed by atoms with Gasteiger partial charge in [-0.25, -0.2) is 8.78 Å². The van der Waals surface area contributed by atoms with E-state index in [9.17, 15) is 8.78 Å². The van der Waals surface area contributed by atoms with Crippen molar-refractivity contribution in [2.45, 2.75) is 37.3 Å². The minimum Gasteiger partial charge on any atom is -0.369 e. The average molecular weight is 220 g/mol. The molecule has 0 bridgehead atoms. The Morgan fingerprint density at radius 2 is 2.20 bits per heavy atom. The molecule has 0 aromatic carbocycles. The van der Waals surface area contributed by atoms with Gasteiger partial charge >= 0.3 is 0 Å². The summed E-state index contributed by atoms with van der Waals surface area (Å²) in [7, 11) is 0. The van der Waals surface area contributed by atoms with Gasteiger partial charge < -0.3 is 15.4 Å². The van der Waals surface area contributed by atoms with Crippen molar-refractivity contribution in [2.75, 3.05) is 26.2 Å².